The van der Waals surface area contributed by atoms with Gasteiger partial charge >= 0.3 is 59.1 Å². The van der Waals surface area contributed by atoms with E-state index in [1.54, 1.807) is 18.2 Å². The van der Waals surface area contributed by atoms with Gasteiger partial charge in [0.1, 0.15) is 17.2 Å². The molecule has 0 aliphatic carbocycles. The molecule has 4 N–H and O–H groups in total. The number of nitrogens with one attached hydrogen (secondary N) is 2. The quantitative estimate of drug-likeness (QED) is 0.213. The van der Waals surface area contributed by atoms with E-state index in [9.17, 15) is 10.2 Å². The van der Waals surface area contributed by atoms with Crippen molar-refractivity contribution in [2.24, 2.45) is 0 Å². The first-order chi connectivity index (χ1) is 14.3. The fraction of sp³-hybridized carbons (Fsp3) is 0.273. The molecule has 1 saturated heterocycles. The number of fused-ring (bicyclic) bond motifs is 1. The Morgan fingerprint density at radius 2 is 1.88 bits per heavy atom. The van der Waals surface area contributed by atoms with E-state index in [0.29, 0.717) is 34.6 Å². The molecule has 1 aromatic heterocycles. The van der Waals surface area contributed by atoms with E-state index in [-0.39, 0.29) is 70.6 Å². The zero-order valence-corrected chi connectivity index (χ0v) is 24.1. The number of aryl methyl sites for hydroxylation is 1. The molecular weight excluding hydrogens is 446 g/mol. The van der Waals surface area contributed by atoms with Crippen LogP contribution >= 0.6 is 12.2 Å². The summed E-state index contributed by atoms with van der Waals surface area (Å²) in [5, 5.41) is 23.1. The first-order valence-corrected chi connectivity index (χ1v) is 10.2. The summed E-state index contributed by atoms with van der Waals surface area (Å²) in [6.07, 6.45) is 0.614. The van der Waals surface area contributed by atoms with Crippen molar-refractivity contribution >= 4 is 33.8 Å². The van der Waals surface area contributed by atoms with Crippen molar-refractivity contribution in [2.75, 3.05) is 12.1 Å². The van der Waals surface area contributed by atoms with E-state index in [0.717, 1.165) is 27.9 Å². The molecule has 0 bridgehead atoms. The van der Waals surface area contributed by atoms with E-state index in [1.165, 1.54) is 6.07 Å². The molecule has 2 heterocycles. The summed E-state index contributed by atoms with van der Waals surface area (Å²) in [5.41, 5.74) is 11.1. The summed E-state index contributed by atoms with van der Waals surface area (Å²) in [4.78, 5) is 3.90. The first kappa shape index (κ1) is 27.1. The van der Waals surface area contributed by atoms with Crippen LogP contribution < -0.4 is 74.3 Å². The van der Waals surface area contributed by atoms with Gasteiger partial charge in [-0.2, -0.15) is 11.6 Å². The second-order valence-electron chi connectivity index (χ2n) is 7.51. The molecule has 0 saturated carbocycles. The topological polar surface area (TPSA) is 94.9 Å². The number of rotatable bonds is 5. The van der Waals surface area contributed by atoms with Gasteiger partial charge in [-0.1, -0.05) is 50.5 Å². The number of benzene rings is 2. The van der Waals surface area contributed by atoms with Crippen LogP contribution in [0.4, 0.5) is 5.69 Å². The van der Waals surface area contributed by atoms with Crippen LogP contribution in [0.2, 0.25) is 0 Å². The molecule has 0 unspecified atom stereocenters. The Balaban J connectivity index is 0.00000181. The Morgan fingerprint density at radius 1 is 1.16 bits per heavy atom. The second kappa shape index (κ2) is 10.9. The summed E-state index contributed by atoms with van der Waals surface area (Å²) in [5.74, 6) is 1.01. The fourth-order valence-corrected chi connectivity index (χ4v) is 3.91. The summed E-state index contributed by atoms with van der Waals surface area (Å²) >= 11 is 5.56. The van der Waals surface area contributed by atoms with Crippen LogP contribution in [0, 0.1) is 6.04 Å². The molecule has 3 aromatic rings. The number of methoxy groups -OCH3 is 1. The molecule has 0 spiro atoms. The third-order valence-electron chi connectivity index (χ3n) is 5.34. The van der Waals surface area contributed by atoms with Crippen molar-refractivity contribution in [3.8, 4) is 17.2 Å². The second-order valence-corrected chi connectivity index (χ2v) is 7.92. The first-order valence-electron chi connectivity index (χ1n) is 9.78. The smallest absolute Gasteiger partial charge is 0.508 e. The SMILES string of the molecule is CCc1cc(N2[N-]NC(=S)[C-]2c2ccc(OC)c3[nH]c(C(C)C)cc23)c(O)cc1O.[Na+].[Na+]. The van der Waals surface area contributed by atoms with Gasteiger partial charge in [0.25, 0.3) is 0 Å². The zero-order chi connectivity index (χ0) is 21.6. The summed E-state index contributed by atoms with van der Waals surface area (Å²) in [6.45, 7) is 6.17. The van der Waals surface area contributed by atoms with Crippen molar-refractivity contribution in [2.45, 2.75) is 33.1 Å². The van der Waals surface area contributed by atoms with Crippen LogP contribution in [0.25, 0.3) is 16.4 Å². The maximum atomic E-state index is 10.5. The number of aromatic hydroxyl groups is 2. The van der Waals surface area contributed by atoms with Crippen LogP contribution in [0.1, 0.15) is 43.5 Å². The largest absolute Gasteiger partial charge is 1.00 e. The molecule has 4 rings (SSSR count). The maximum Gasteiger partial charge on any atom is 1.00 e. The van der Waals surface area contributed by atoms with Gasteiger partial charge in [0.15, 0.2) is 0 Å². The van der Waals surface area contributed by atoms with Gasteiger partial charge in [0, 0.05) is 22.3 Å². The van der Waals surface area contributed by atoms with Crippen LogP contribution in [0.3, 0.4) is 0 Å². The number of aromatic amines is 1. The molecule has 7 nitrogen and oxygen atoms in total. The number of H-pyrrole nitrogens is 1. The number of hydrogen-bond acceptors (Lipinski definition) is 5. The van der Waals surface area contributed by atoms with Gasteiger partial charge in [0.2, 0.25) is 0 Å². The van der Waals surface area contributed by atoms with Crippen LogP contribution in [0.5, 0.6) is 17.2 Å². The molecule has 0 atom stereocenters. The predicted molar refractivity (Wildman–Crippen MR) is 122 cm³/mol. The Hall–Kier alpha value is -1.10. The average Bonchev–Trinajstić information content (AvgIpc) is 3.32. The molecule has 10 heteroatoms. The maximum absolute atomic E-state index is 10.5. The Bertz CT molecular complexity index is 1140. The number of anilines is 1. The van der Waals surface area contributed by atoms with Gasteiger partial charge in [0.05, 0.1) is 12.8 Å². The van der Waals surface area contributed by atoms with Gasteiger partial charge in [-0.05, 0) is 30.0 Å². The minimum Gasteiger partial charge on any atom is -0.508 e. The summed E-state index contributed by atoms with van der Waals surface area (Å²) in [6, 6.07) is 9.63. The molecule has 32 heavy (non-hydrogen) atoms. The van der Waals surface area contributed by atoms with E-state index in [1.807, 2.05) is 19.1 Å². The molecule has 2 aromatic carbocycles. The van der Waals surface area contributed by atoms with E-state index in [4.69, 9.17) is 17.0 Å². The van der Waals surface area contributed by atoms with Gasteiger partial charge in [-0.15, -0.1) is 0 Å². The standard InChI is InChI=1S/C22H24N4O3S.2Na/c1-5-12-8-16(18(28)10-17(12)27)26-21(22(30)24-25-26)13-6-7-19(29-4)20-14(13)9-15(23-20)11(2)3;;/h6-11,23,27-28H,5H2,1-4H3,(H,24,30);;/q-2;2*+1. The van der Waals surface area contributed by atoms with Crippen LogP contribution in [0.15, 0.2) is 30.3 Å². The van der Waals surface area contributed by atoms with Crippen molar-refractivity contribution in [1.29, 1.82) is 0 Å². The third-order valence-corrected chi connectivity index (χ3v) is 5.62. The average molecular weight is 471 g/mol. The normalized spacial score (nSPS) is 13.2. The minimum atomic E-state index is -0.0841. The Labute approximate surface area is 237 Å². The van der Waals surface area contributed by atoms with E-state index >= 15 is 0 Å². The Kier molecular flexibility index (Phi) is 9.23. The van der Waals surface area contributed by atoms with Gasteiger partial charge < -0.3 is 35.9 Å². The zero-order valence-electron chi connectivity index (χ0n) is 19.3. The number of phenolic OH excluding ortho intramolecular Hbond substituents is 2. The van der Waals surface area contributed by atoms with Crippen molar-refractivity contribution < 1.29 is 74.1 Å². The van der Waals surface area contributed by atoms with Crippen molar-refractivity contribution in [1.82, 2.24) is 10.4 Å². The number of nitrogens with zero attached hydrogens (tertiary/aromatic N) is 2. The molecule has 1 aliphatic heterocycles. The van der Waals surface area contributed by atoms with Crippen molar-refractivity contribution in [3.63, 3.8) is 0 Å². The molecule has 0 radical (unpaired) electrons. The number of phenols is 2. The third kappa shape index (κ3) is 4.74. The number of thiocarbonyl (C=S) groups is 1. The van der Waals surface area contributed by atoms with E-state index < -0.39 is 0 Å². The number of hydrogen-bond donors (Lipinski definition) is 4. The van der Waals surface area contributed by atoms with Gasteiger partial charge in [-0.3, -0.25) is 0 Å². The van der Waals surface area contributed by atoms with Crippen LogP contribution in [-0.2, 0) is 6.42 Å². The fourth-order valence-electron chi connectivity index (χ4n) is 3.67. The minimum absolute atomic E-state index is 0. The van der Waals surface area contributed by atoms with E-state index in [2.05, 4.69) is 35.9 Å². The molecular formula is C22H24N4Na2O3S. The summed E-state index contributed by atoms with van der Waals surface area (Å²) in [7, 11) is 1.64. The monoisotopic (exact) mass is 470 g/mol. The molecule has 0 amide bonds. The predicted octanol–water partition coefficient (Wildman–Crippen LogP) is -1.20. The van der Waals surface area contributed by atoms with Crippen molar-refractivity contribution in [3.05, 3.63) is 58.7 Å². The van der Waals surface area contributed by atoms with Gasteiger partial charge in [-0.25, -0.2) is 0 Å². The molecule has 1 fully saturated rings. The van der Waals surface area contributed by atoms with Crippen LogP contribution in [-0.4, -0.2) is 27.3 Å². The number of aromatic nitrogens is 1. The molecule has 158 valence electrons. The summed E-state index contributed by atoms with van der Waals surface area (Å²) < 4.78 is 5.55. The molecule has 1 aliphatic rings. The number of ether oxygens (including phenoxy) is 1. The Morgan fingerprint density at radius 3 is 2.50 bits per heavy atom.